The lowest BCUT2D eigenvalue weighted by molar-refractivity contribution is 0.565. The zero-order valence-corrected chi connectivity index (χ0v) is 13.3. The molecule has 1 aromatic carbocycles. The molecule has 1 aromatic heterocycles. The van der Waals surface area contributed by atoms with Gasteiger partial charge in [0.2, 0.25) is 5.95 Å². The maximum Gasteiger partial charge on any atom is 0.247 e. The van der Waals surface area contributed by atoms with E-state index in [0.29, 0.717) is 0 Å². The van der Waals surface area contributed by atoms with Crippen LogP contribution in [0.4, 0.5) is 11.8 Å². The van der Waals surface area contributed by atoms with E-state index in [0.717, 1.165) is 42.8 Å². The van der Waals surface area contributed by atoms with Crippen LogP contribution in [0.25, 0.3) is 0 Å². The summed E-state index contributed by atoms with van der Waals surface area (Å²) in [4.78, 5) is 6.77. The first-order valence-electron chi connectivity index (χ1n) is 7.74. The molecule has 1 aliphatic heterocycles. The average molecular weight is 318 g/mol. The zero-order valence-electron chi connectivity index (χ0n) is 12.5. The van der Waals surface area contributed by atoms with Crippen molar-refractivity contribution in [3.63, 3.8) is 0 Å². The van der Waals surface area contributed by atoms with Crippen LogP contribution < -0.4 is 10.2 Å². The molecular weight excluding hydrogens is 298 g/mol. The molecule has 3 rings (SSSR count). The van der Waals surface area contributed by atoms with Gasteiger partial charge in [-0.25, -0.2) is 0 Å². The summed E-state index contributed by atoms with van der Waals surface area (Å²) in [5, 5.41) is 12.3. The highest BCUT2D eigenvalue weighted by Crippen LogP contribution is 2.16. The third kappa shape index (κ3) is 4.07. The lowest BCUT2D eigenvalue weighted by atomic mass is 10.1. The first-order chi connectivity index (χ1) is 10.8. The highest BCUT2D eigenvalue weighted by Gasteiger charge is 2.14. The Morgan fingerprint density at radius 2 is 2.05 bits per heavy atom. The number of halogens is 1. The average Bonchev–Trinajstić information content (AvgIpc) is 2.56. The molecule has 0 spiro atoms. The van der Waals surface area contributed by atoms with Crippen molar-refractivity contribution < 1.29 is 0 Å². The SMILES string of the molecule is Clc1cccc(CCNc2cnnc(N3CCCCC3)n2)c1. The van der Waals surface area contributed by atoms with Crippen molar-refractivity contribution in [3.8, 4) is 0 Å². The Balaban J connectivity index is 1.56. The van der Waals surface area contributed by atoms with Gasteiger partial charge in [0.15, 0.2) is 5.82 Å². The Morgan fingerprint density at radius 1 is 1.18 bits per heavy atom. The summed E-state index contributed by atoms with van der Waals surface area (Å²) >= 11 is 5.99. The van der Waals surface area contributed by atoms with Crippen molar-refractivity contribution in [1.29, 1.82) is 0 Å². The lowest BCUT2D eigenvalue weighted by Gasteiger charge is -2.26. The van der Waals surface area contributed by atoms with Gasteiger partial charge in [-0.05, 0) is 43.4 Å². The first-order valence-corrected chi connectivity index (χ1v) is 8.12. The van der Waals surface area contributed by atoms with Crippen LogP contribution in [0.2, 0.25) is 5.02 Å². The number of hydrogen-bond donors (Lipinski definition) is 1. The smallest absolute Gasteiger partial charge is 0.247 e. The second kappa shape index (κ2) is 7.40. The minimum absolute atomic E-state index is 0.729. The fourth-order valence-corrected chi connectivity index (χ4v) is 2.85. The van der Waals surface area contributed by atoms with Gasteiger partial charge in [0, 0.05) is 24.7 Å². The van der Waals surface area contributed by atoms with Crippen molar-refractivity contribution in [3.05, 3.63) is 41.0 Å². The van der Waals surface area contributed by atoms with E-state index in [9.17, 15) is 0 Å². The van der Waals surface area contributed by atoms with Gasteiger partial charge in [0.1, 0.15) is 0 Å². The van der Waals surface area contributed by atoms with E-state index >= 15 is 0 Å². The molecule has 1 saturated heterocycles. The molecule has 0 aliphatic carbocycles. The molecule has 0 saturated carbocycles. The van der Waals surface area contributed by atoms with Crippen LogP contribution in [0.1, 0.15) is 24.8 Å². The molecule has 5 nitrogen and oxygen atoms in total. The molecule has 0 bridgehead atoms. The van der Waals surface area contributed by atoms with Crippen molar-refractivity contribution in [2.45, 2.75) is 25.7 Å². The number of piperidine rings is 1. The Morgan fingerprint density at radius 3 is 2.86 bits per heavy atom. The molecule has 22 heavy (non-hydrogen) atoms. The van der Waals surface area contributed by atoms with E-state index in [2.05, 4.69) is 31.5 Å². The number of rotatable bonds is 5. The van der Waals surface area contributed by atoms with Crippen molar-refractivity contribution in [2.75, 3.05) is 29.9 Å². The van der Waals surface area contributed by atoms with E-state index in [1.807, 2.05) is 18.2 Å². The van der Waals surface area contributed by atoms with Gasteiger partial charge in [-0.3, -0.25) is 0 Å². The Bertz CT molecular complexity index is 613. The summed E-state index contributed by atoms with van der Waals surface area (Å²) in [6.45, 7) is 2.83. The monoisotopic (exact) mass is 317 g/mol. The number of nitrogens with zero attached hydrogens (tertiary/aromatic N) is 4. The van der Waals surface area contributed by atoms with E-state index in [1.54, 1.807) is 6.20 Å². The molecule has 2 aromatic rings. The molecule has 1 fully saturated rings. The predicted octanol–water partition coefficient (Wildman–Crippen LogP) is 3.17. The number of hydrogen-bond acceptors (Lipinski definition) is 5. The highest BCUT2D eigenvalue weighted by molar-refractivity contribution is 6.30. The maximum atomic E-state index is 5.99. The van der Waals surface area contributed by atoms with Crippen LogP contribution in [0, 0.1) is 0 Å². The van der Waals surface area contributed by atoms with Crippen LogP contribution in [0.5, 0.6) is 0 Å². The third-order valence-electron chi connectivity index (χ3n) is 3.80. The molecular formula is C16H20ClN5. The molecule has 1 N–H and O–H groups in total. The van der Waals surface area contributed by atoms with Crippen LogP contribution in [-0.2, 0) is 6.42 Å². The van der Waals surface area contributed by atoms with E-state index in [1.165, 1.54) is 24.8 Å². The summed E-state index contributed by atoms with van der Waals surface area (Å²) in [7, 11) is 0. The fraction of sp³-hybridized carbons (Fsp3) is 0.438. The van der Waals surface area contributed by atoms with Crippen molar-refractivity contribution in [1.82, 2.24) is 15.2 Å². The highest BCUT2D eigenvalue weighted by atomic mass is 35.5. The quantitative estimate of drug-likeness (QED) is 0.918. The molecule has 116 valence electrons. The Kier molecular flexibility index (Phi) is 5.06. The minimum atomic E-state index is 0.729. The van der Waals surface area contributed by atoms with Crippen LogP contribution >= 0.6 is 11.6 Å². The molecule has 1 aliphatic rings. The molecule has 0 amide bonds. The predicted molar refractivity (Wildman–Crippen MR) is 89.5 cm³/mol. The van der Waals surface area contributed by atoms with Gasteiger partial charge >= 0.3 is 0 Å². The summed E-state index contributed by atoms with van der Waals surface area (Å²) in [6, 6.07) is 7.92. The van der Waals surface area contributed by atoms with Gasteiger partial charge in [-0.1, -0.05) is 23.7 Å². The molecule has 2 heterocycles. The number of nitrogens with one attached hydrogen (secondary N) is 1. The standard InChI is InChI=1S/C16H20ClN5/c17-14-6-4-5-13(11-14)7-8-18-15-12-19-21-16(20-15)22-9-2-1-3-10-22/h4-6,11-12H,1-3,7-10H2,(H,18,20,21). The summed E-state index contributed by atoms with van der Waals surface area (Å²) in [5.74, 6) is 1.50. The van der Waals surface area contributed by atoms with Crippen LogP contribution in [0.15, 0.2) is 30.5 Å². The zero-order chi connectivity index (χ0) is 15.2. The Labute approximate surface area is 135 Å². The number of aromatic nitrogens is 3. The second-order valence-corrected chi connectivity index (χ2v) is 5.93. The topological polar surface area (TPSA) is 53.9 Å². The van der Waals surface area contributed by atoms with Gasteiger partial charge < -0.3 is 10.2 Å². The fourth-order valence-electron chi connectivity index (χ4n) is 2.63. The van der Waals surface area contributed by atoms with E-state index in [-0.39, 0.29) is 0 Å². The van der Waals surface area contributed by atoms with Gasteiger partial charge in [0.25, 0.3) is 0 Å². The Hall–Kier alpha value is -1.88. The minimum Gasteiger partial charge on any atom is -0.368 e. The molecule has 6 heteroatoms. The van der Waals surface area contributed by atoms with E-state index < -0.39 is 0 Å². The van der Waals surface area contributed by atoms with Crippen LogP contribution in [0.3, 0.4) is 0 Å². The third-order valence-corrected chi connectivity index (χ3v) is 4.03. The normalized spacial score (nSPS) is 14.9. The lowest BCUT2D eigenvalue weighted by Crippen LogP contribution is -2.31. The van der Waals surface area contributed by atoms with Gasteiger partial charge in [-0.15, -0.1) is 5.10 Å². The molecule has 0 radical (unpaired) electrons. The maximum absolute atomic E-state index is 5.99. The van der Waals surface area contributed by atoms with Gasteiger partial charge in [-0.2, -0.15) is 10.1 Å². The summed E-state index contributed by atoms with van der Waals surface area (Å²) < 4.78 is 0. The van der Waals surface area contributed by atoms with Gasteiger partial charge in [0.05, 0.1) is 6.20 Å². The summed E-state index contributed by atoms with van der Waals surface area (Å²) in [6.07, 6.45) is 6.27. The first kappa shape index (κ1) is 15.0. The summed E-state index contributed by atoms with van der Waals surface area (Å²) in [5.41, 5.74) is 1.21. The van der Waals surface area contributed by atoms with E-state index in [4.69, 9.17) is 11.6 Å². The largest absolute Gasteiger partial charge is 0.368 e. The van der Waals surface area contributed by atoms with Crippen molar-refractivity contribution in [2.24, 2.45) is 0 Å². The molecule has 0 unspecified atom stereocenters. The van der Waals surface area contributed by atoms with Crippen molar-refractivity contribution >= 4 is 23.4 Å². The number of benzene rings is 1. The molecule has 0 atom stereocenters. The second-order valence-electron chi connectivity index (χ2n) is 5.50. The number of anilines is 2. The van der Waals surface area contributed by atoms with Crippen LogP contribution in [-0.4, -0.2) is 34.8 Å².